The first kappa shape index (κ1) is 23.1. The van der Waals surface area contributed by atoms with Crippen molar-refractivity contribution < 1.29 is 19.1 Å². The van der Waals surface area contributed by atoms with Gasteiger partial charge in [-0.25, -0.2) is 4.79 Å². The Bertz CT molecular complexity index is 655. The standard InChI is InChI=1S/C19H31N3O4S/c1-7-26-19(25)17-14(8-12(2)3)11-27-18(17)21-16(24)10-22(6)9-15(23)20-13(4)5/h11-13H,7-10H2,1-6H3,(H,20,23)(H,21,24). The van der Waals surface area contributed by atoms with Crippen LogP contribution in [-0.2, 0) is 20.7 Å². The Labute approximate surface area is 165 Å². The lowest BCUT2D eigenvalue weighted by Crippen LogP contribution is -2.41. The second-order valence-corrected chi connectivity index (χ2v) is 8.11. The molecule has 0 fully saturated rings. The van der Waals surface area contributed by atoms with E-state index in [0.29, 0.717) is 16.5 Å². The van der Waals surface area contributed by atoms with Crippen LogP contribution in [0.3, 0.4) is 0 Å². The maximum atomic E-state index is 12.4. The van der Waals surface area contributed by atoms with E-state index in [1.807, 2.05) is 19.2 Å². The summed E-state index contributed by atoms with van der Waals surface area (Å²) in [7, 11) is 1.70. The summed E-state index contributed by atoms with van der Waals surface area (Å²) in [6, 6.07) is 0.0531. The van der Waals surface area contributed by atoms with Crippen molar-refractivity contribution in [3.8, 4) is 0 Å². The maximum absolute atomic E-state index is 12.4. The van der Waals surface area contributed by atoms with E-state index in [-0.39, 0.29) is 37.6 Å². The number of amides is 2. The lowest BCUT2D eigenvalue weighted by Gasteiger charge is -2.17. The first-order chi connectivity index (χ1) is 12.6. The molecule has 0 saturated carbocycles. The summed E-state index contributed by atoms with van der Waals surface area (Å²) in [4.78, 5) is 38.1. The van der Waals surface area contributed by atoms with Gasteiger partial charge in [-0.1, -0.05) is 13.8 Å². The summed E-state index contributed by atoms with van der Waals surface area (Å²) in [5.74, 6) is -0.461. The molecule has 0 unspecified atom stereocenters. The summed E-state index contributed by atoms with van der Waals surface area (Å²) in [6.07, 6.45) is 0.732. The van der Waals surface area contributed by atoms with E-state index in [0.717, 1.165) is 12.0 Å². The topological polar surface area (TPSA) is 87.7 Å². The van der Waals surface area contributed by atoms with Crippen LogP contribution in [0.5, 0.6) is 0 Å². The van der Waals surface area contributed by atoms with Crippen LogP contribution in [0.2, 0.25) is 0 Å². The van der Waals surface area contributed by atoms with Crippen LogP contribution in [0.15, 0.2) is 5.38 Å². The molecule has 1 aromatic rings. The summed E-state index contributed by atoms with van der Waals surface area (Å²) < 4.78 is 5.15. The van der Waals surface area contributed by atoms with Gasteiger partial charge in [0.05, 0.1) is 25.3 Å². The molecule has 0 aliphatic carbocycles. The maximum Gasteiger partial charge on any atom is 0.341 e. The molecule has 0 aliphatic rings. The number of hydrogen-bond donors (Lipinski definition) is 2. The van der Waals surface area contributed by atoms with Gasteiger partial charge in [0, 0.05) is 6.04 Å². The van der Waals surface area contributed by atoms with Crippen LogP contribution in [0.1, 0.15) is 50.5 Å². The zero-order valence-corrected chi connectivity index (χ0v) is 17.9. The van der Waals surface area contributed by atoms with Gasteiger partial charge in [0.25, 0.3) is 0 Å². The number of hydrogen-bond acceptors (Lipinski definition) is 6. The molecule has 0 saturated heterocycles. The van der Waals surface area contributed by atoms with Gasteiger partial charge in [-0.3, -0.25) is 14.5 Å². The van der Waals surface area contributed by atoms with Crippen molar-refractivity contribution in [2.24, 2.45) is 5.92 Å². The normalized spacial score (nSPS) is 11.1. The van der Waals surface area contributed by atoms with Gasteiger partial charge in [0.2, 0.25) is 11.8 Å². The summed E-state index contributed by atoms with van der Waals surface area (Å²) >= 11 is 1.32. The summed E-state index contributed by atoms with van der Waals surface area (Å²) in [6.45, 7) is 10.1. The quantitative estimate of drug-likeness (QED) is 0.593. The molecule has 0 aliphatic heterocycles. The number of thiophene rings is 1. The molecule has 7 nitrogen and oxygen atoms in total. The number of nitrogens with zero attached hydrogens (tertiary/aromatic N) is 1. The van der Waals surface area contributed by atoms with Crippen molar-refractivity contribution in [1.82, 2.24) is 10.2 Å². The molecule has 27 heavy (non-hydrogen) atoms. The van der Waals surface area contributed by atoms with Crippen LogP contribution >= 0.6 is 11.3 Å². The minimum Gasteiger partial charge on any atom is -0.462 e. The molecule has 1 rings (SSSR count). The molecule has 0 aromatic carbocycles. The first-order valence-corrected chi connectivity index (χ1v) is 10.1. The number of nitrogens with one attached hydrogen (secondary N) is 2. The molecular formula is C19H31N3O4S. The van der Waals surface area contributed by atoms with E-state index in [2.05, 4.69) is 24.5 Å². The third-order valence-corrected chi connectivity index (χ3v) is 4.45. The van der Waals surface area contributed by atoms with Crippen LogP contribution < -0.4 is 10.6 Å². The smallest absolute Gasteiger partial charge is 0.341 e. The lowest BCUT2D eigenvalue weighted by molar-refractivity contribution is -0.123. The van der Waals surface area contributed by atoms with E-state index in [4.69, 9.17) is 4.74 Å². The highest BCUT2D eigenvalue weighted by Gasteiger charge is 2.22. The van der Waals surface area contributed by atoms with E-state index < -0.39 is 5.97 Å². The number of anilines is 1. The number of carbonyl (C=O) groups excluding carboxylic acids is 3. The lowest BCUT2D eigenvalue weighted by atomic mass is 10.0. The minimum atomic E-state index is -0.422. The predicted octanol–water partition coefficient (Wildman–Crippen LogP) is 2.52. The number of esters is 1. The van der Waals surface area contributed by atoms with Gasteiger partial charge in [0.15, 0.2) is 0 Å². The number of rotatable bonds is 10. The van der Waals surface area contributed by atoms with Gasteiger partial charge >= 0.3 is 5.97 Å². The average Bonchev–Trinajstić information content (AvgIpc) is 2.87. The first-order valence-electron chi connectivity index (χ1n) is 9.19. The molecular weight excluding hydrogens is 366 g/mol. The van der Waals surface area contributed by atoms with Gasteiger partial charge in [-0.15, -0.1) is 11.3 Å². The molecule has 0 atom stereocenters. The molecule has 0 spiro atoms. The molecule has 0 radical (unpaired) electrons. The van der Waals surface area contributed by atoms with E-state index in [1.165, 1.54) is 11.3 Å². The fourth-order valence-electron chi connectivity index (χ4n) is 2.58. The van der Waals surface area contributed by atoms with E-state index >= 15 is 0 Å². The molecule has 0 bridgehead atoms. The van der Waals surface area contributed by atoms with Crippen LogP contribution in [0.25, 0.3) is 0 Å². The second kappa shape index (κ2) is 11.0. The Morgan fingerprint density at radius 2 is 1.78 bits per heavy atom. The third kappa shape index (κ3) is 8.09. The molecule has 152 valence electrons. The predicted molar refractivity (Wildman–Crippen MR) is 108 cm³/mol. The second-order valence-electron chi connectivity index (χ2n) is 7.23. The highest BCUT2D eigenvalue weighted by molar-refractivity contribution is 7.15. The third-order valence-electron chi connectivity index (χ3n) is 3.50. The summed E-state index contributed by atoms with van der Waals surface area (Å²) in [5.41, 5.74) is 1.32. The largest absolute Gasteiger partial charge is 0.462 e. The SMILES string of the molecule is CCOC(=O)c1c(CC(C)C)csc1NC(=O)CN(C)CC(=O)NC(C)C. The Morgan fingerprint density at radius 3 is 2.33 bits per heavy atom. The van der Waals surface area contributed by atoms with Crippen molar-refractivity contribution in [2.45, 2.75) is 47.1 Å². The monoisotopic (exact) mass is 397 g/mol. The average molecular weight is 398 g/mol. The Kier molecular flexibility index (Phi) is 9.45. The fourth-order valence-corrected chi connectivity index (χ4v) is 3.56. The van der Waals surface area contributed by atoms with Crippen molar-refractivity contribution >= 4 is 34.1 Å². The van der Waals surface area contributed by atoms with Gasteiger partial charge in [-0.05, 0) is 51.1 Å². The highest BCUT2D eigenvalue weighted by atomic mass is 32.1. The molecule has 8 heteroatoms. The summed E-state index contributed by atoms with van der Waals surface area (Å²) in [5, 5.41) is 7.96. The van der Waals surface area contributed by atoms with Gasteiger partial charge in [0.1, 0.15) is 5.00 Å². The fraction of sp³-hybridized carbons (Fsp3) is 0.632. The number of likely N-dealkylation sites (N-methyl/N-ethyl adjacent to an activating group) is 1. The molecule has 1 heterocycles. The Morgan fingerprint density at radius 1 is 1.15 bits per heavy atom. The van der Waals surface area contributed by atoms with Crippen LogP contribution in [-0.4, -0.2) is 55.5 Å². The zero-order valence-electron chi connectivity index (χ0n) is 17.0. The highest BCUT2D eigenvalue weighted by Crippen LogP contribution is 2.30. The number of carbonyl (C=O) groups is 3. The van der Waals surface area contributed by atoms with Crippen molar-refractivity contribution in [3.63, 3.8) is 0 Å². The minimum absolute atomic E-state index is 0.0468. The van der Waals surface area contributed by atoms with Gasteiger partial charge in [-0.2, -0.15) is 0 Å². The Hall–Kier alpha value is -1.93. The van der Waals surface area contributed by atoms with Crippen molar-refractivity contribution in [3.05, 3.63) is 16.5 Å². The molecule has 1 aromatic heterocycles. The van der Waals surface area contributed by atoms with Crippen molar-refractivity contribution in [1.29, 1.82) is 0 Å². The van der Waals surface area contributed by atoms with Crippen LogP contribution in [0.4, 0.5) is 5.00 Å². The van der Waals surface area contributed by atoms with Crippen LogP contribution in [0, 0.1) is 5.92 Å². The Balaban J connectivity index is 2.79. The van der Waals surface area contributed by atoms with Crippen molar-refractivity contribution in [2.75, 3.05) is 32.1 Å². The molecule has 2 N–H and O–H groups in total. The zero-order chi connectivity index (χ0) is 20.6. The van der Waals surface area contributed by atoms with E-state index in [9.17, 15) is 14.4 Å². The van der Waals surface area contributed by atoms with Gasteiger partial charge < -0.3 is 15.4 Å². The van der Waals surface area contributed by atoms with E-state index in [1.54, 1.807) is 18.9 Å². The number of ether oxygens (including phenoxy) is 1. The molecule has 2 amide bonds.